The van der Waals surface area contributed by atoms with Gasteiger partial charge in [-0.2, -0.15) is 0 Å². The van der Waals surface area contributed by atoms with Crippen molar-refractivity contribution < 1.29 is 4.39 Å². The van der Waals surface area contributed by atoms with E-state index in [1.54, 1.807) is 6.20 Å². The average molecular weight is 258 g/mol. The lowest BCUT2D eigenvalue weighted by Gasteiger charge is -2.28. The van der Waals surface area contributed by atoms with Crippen LogP contribution >= 0.6 is 0 Å². The number of fused-ring (bicyclic) bond motifs is 1. The topological polar surface area (TPSA) is 55.0 Å². The third-order valence-corrected chi connectivity index (χ3v) is 3.42. The van der Waals surface area contributed by atoms with Gasteiger partial charge in [0.15, 0.2) is 0 Å². The van der Waals surface area contributed by atoms with Gasteiger partial charge in [-0.25, -0.2) is 9.37 Å². The molecule has 0 bridgehead atoms. The highest BCUT2D eigenvalue weighted by Crippen LogP contribution is 2.29. The fourth-order valence-electron chi connectivity index (χ4n) is 2.45. The minimum Gasteiger partial charge on any atom is -0.344 e. The largest absolute Gasteiger partial charge is 0.344 e. The zero-order chi connectivity index (χ0) is 13.2. The zero-order valence-electron chi connectivity index (χ0n) is 10.5. The average Bonchev–Trinajstić information content (AvgIpc) is 2.46. The molecular formula is C14H15FN4. The van der Waals surface area contributed by atoms with Crippen LogP contribution in [-0.2, 0) is 6.42 Å². The van der Waals surface area contributed by atoms with Crippen LogP contribution in [0.2, 0.25) is 0 Å². The summed E-state index contributed by atoms with van der Waals surface area (Å²) in [6.45, 7) is 1.39. The van der Waals surface area contributed by atoms with Crippen molar-refractivity contribution in [1.29, 1.82) is 0 Å². The lowest BCUT2D eigenvalue weighted by atomic mass is 10.0. The molecule has 0 aliphatic carbocycles. The summed E-state index contributed by atoms with van der Waals surface area (Å²) in [5.74, 6) is 0.644. The first-order valence-electron chi connectivity index (χ1n) is 6.33. The van der Waals surface area contributed by atoms with Gasteiger partial charge in [-0.15, -0.1) is 0 Å². The molecule has 2 aromatic rings. The molecule has 0 saturated heterocycles. The number of hydrogen-bond acceptors (Lipinski definition) is 4. The molecular weight excluding hydrogens is 243 g/mol. The number of pyridine rings is 2. The standard InChI is InChI=1S/C14H15FN4/c15-13-3-4-17-8-12(13)11-6-10-2-1-5-19(9-16)14(10)18-7-11/h3-4,6-8H,1-2,5,9,16H2. The molecule has 1 aliphatic rings. The van der Waals surface area contributed by atoms with Crippen molar-refractivity contribution in [3.05, 3.63) is 42.1 Å². The van der Waals surface area contributed by atoms with E-state index in [9.17, 15) is 4.39 Å². The number of anilines is 1. The fourth-order valence-corrected chi connectivity index (χ4v) is 2.45. The number of nitrogens with zero attached hydrogens (tertiary/aromatic N) is 3. The molecule has 2 aromatic heterocycles. The Labute approximate surface area is 111 Å². The van der Waals surface area contributed by atoms with Crippen LogP contribution in [0.3, 0.4) is 0 Å². The SMILES string of the molecule is NCN1CCCc2cc(-c3cnccc3F)cnc21. The van der Waals surface area contributed by atoms with Crippen LogP contribution in [0.25, 0.3) is 11.1 Å². The summed E-state index contributed by atoms with van der Waals surface area (Å²) in [6, 6.07) is 3.35. The molecule has 0 amide bonds. The van der Waals surface area contributed by atoms with E-state index in [-0.39, 0.29) is 5.82 Å². The van der Waals surface area contributed by atoms with E-state index >= 15 is 0 Å². The van der Waals surface area contributed by atoms with Crippen molar-refractivity contribution in [1.82, 2.24) is 9.97 Å². The minimum atomic E-state index is -0.275. The van der Waals surface area contributed by atoms with Crippen LogP contribution in [0.15, 0.2) is 30.7 Å². The Morgan fingerprint density at radius 1 is 1.37 bits per heavy atom. The summed E-state index contributed by atoms with van der Waals surface area (Å²) >= 11 is 0. The van der Waals surface area contributed by atoms with Gasteiger partial charge in [0, 0.05) is 36.3 Å². The van der Waals surface area contributed by atoms with Gasteiger partial charge in [-0.3, -0.25) is 4.98 Å². The third kappa shape index (κ3) is 2.17. The highest BCUT2D eigenvalue weighted by molar-refractivity contribution is 5.66. The smallest absolute Gasteiger partial charge is 0.134 e. The monoisotopic (exact) mass is 258 g/mol. The Balaban J connectivity index is 2.05. The molecule has 3 heterocycles. The maximum absolute atomic E-state index is 13.8. The van der Waals surface area contributed by atoms with Crippen LogP contribution in [0.1, 0.15) is 12.0 Å². The van der Waals surface area contributed by atoms with Crippen molar-refractivity contribution in [3.63, 3.8) is 0 Å². The van der Waals surface area contributed by atoms with Crippen molar-refractivity contribution in [2.75, 3.05) is 18.1 Å². The minimum absolute atomic E-state index is 0.275. The van der Waals surface area contributed by atoms with Crippen LogP contribution in [0, 0.1) is 5.82 Å². The molecule has 0 saturated carbocycles. The molecule has 1 aliphatic heterocycles. The number of halogens is 1. The van der Waals surface area contributed by atoms with Crippen molar-refractivity contribution in [2.45, 2.75) is 12.8 Å². The van der Waals surface area contributed by atoms with E-state index in [1.165, 1.54) is 18.5 Å². The predicted molar refractivity (Wildman–Crippen MR) is 72.1 cm³/mol. The molecule has 19 heavy (non-hydrogen) atoms. The van der Waals surface area contributed by atoms with Gasteiger partial charge >= 0.3 is 0 Å². The first-order chi connectivity index (χ1) is 9.29. The molecule has 0 spiro atoms. The fraction of sp³-hybridized carbons (Fsp3) is 0.286. The molecule has 0 unspecified atom stereocenters. The second-order valence-electron chi connectivity index (χ2n) is 4.61. The van der Waals surface area contributed by atoms with Crippen molar-refractivity contribution in [3.8, 4) is 11.1 Å². The quantitative estimate of drug-likeness (QED) is 0.894. The van der Waals surface area contributed by atoms with Gasteiger partial charge in [0.05, 0.1) is 6.67 Å². The number of nitrogens with two attached hydrogens (primary N) is 1. The number of aryl methyl sites for hydroxylation is 1. The second-order valence-corrected chi connectivity index (χ2v) is 4.61. The number of hydrogen-bond donors (Lipinski definition) is 1. The normalized spacial score (nSPS) is 14.3. The molecule has 0 radical (unpaired) electrons. The summed E-state index contributed by atoms with van der Waals surface area (Å²) in [4.78, 5) is 10.5. The molecule has 0 fully saturated rings. The zero-order valence-corrected chi connectivity index (χ0v) is 10.5. The Morgan fingerprint density at radius 2 is 2.26 bits per heavy atom. The van der Waals surface area contributed by atoms with Gasteiger partial charge in [-0.1, -0.05) is 0 Å². The van der Waals surface area contributed by atoms with Crippen LogP contribution in [0.5, 0.6) is 0 Å². The maximum Gasteiger partial charge on any atom is 0.134 e. The lowest BCUT2D eigenvalue weighted by Crippen LogP contribution is -2.35. The number of rotatable bonds is 2. The van der Waals surface area contributed by atoms with E-state index in [0.717, 1.165) is 36.3 Å². The molecule has 5 heteroatoms. The Kier molecular flexibility index (Phi) is 3.13. The van der Waals surface area contributed by atoms with Gasteiger partial charge in [-0.05, 0) is 30.5 Å². The van der Waals surface area contributed by atoms with Gasteiger partial charge in [0.2, 0.25) is 0 Å². The lowest BCUT2D eigenvalue weighted by molar-refractivity contribution is 0.629. The molecule has 3 rings (SSSR count). The summed E-state index contributed by atoms with van der Waals surface area (Å²) in [6.07, 6.45) is 6.66. The molecule has 98 valence electrons. The maximum atomic E-state index is 13.8. The number of aromatic nitrogens is 2. The Bertz CT molecular complexity index is 600. The second kappa shape index (κ2) is 4.93. The Morgan fingerprint density at radius 3 is 3.05 bits per heavy atom. The van der Waals surface area contributed by atoms with E-state index < -0.39 is 0 Å². The van der Waals surface area contributed by atoms with E-state index in [4.69, 9.17) is 5.73 Å². The van der Waals surface area contributed by atoms with Gasteiger partial charge in [0.1, 0.15) is 11.6 Å². The van der Waals surface area contributed by atoms with Crippen LogP contribution in [0.4, 0.5) is 10.2 Å². The van der Waals surface area contributed by atoms with E-state index in [2.05, 4.69) is 9.97 Å². The molecule has 0 atom stereocenters. The first-order valence-corrected chi connectivity index (χ1v) is 6.33. The van der Waals surface area contributed by atoms with Crippen molar-refractivity contribution in [2.24, 2.45) is 5.73 Å². The predicted octanol–water partition coefficient (Wildman–Crippen LogP) is 1.95. The van der Waals surface area contributed by atoms with Crippen molar-refractivity contribution >= 4 is 5.82 Å². The van der Waals surface area contributed by atoms with Gasteiger partial charge in [0.25, 0.3) is 0 Å². The molecule has 0 aromatic carbocycles. The summed E-state index contributed by atoms with van der Waals surface area (Å²) < 4.78 is 13.8. The van der Waals surface area contributed by atoms with Crippen LogP contribution < -0.4 is 10.6 Å². The molecule has 2 N–H and O–H groups in total. The third-order valence-electron chi connectivity index (χ3n) is 3.42. The molecule has 4 nitrogen and oxygen atoms in total. The summed E-state index contributed by atoms with van der Waals surface area (Å²) in [5.41, 5.74) is 8.09. The van der Waals surface area contributed by atoms with E-state index in [1.807, 2.05) is 11.0 Å². The van der Waals surface area contributed by atoms with E-state index in [0.29, 0.717) is 12.2 Å². The van der Waals surface area contributed by atoms with Crippen LogP contribution in [-0.4, -0.2) is 23.2 Å². The highest BCUT2D eigenvalue weighted by atomic mass is 19.1. The summed E-state index contributed by atoms with van der Waals surface area (Å²) in [5, 5.41) is 0. The Hall–Kier alpha value is -2.01. The first kappa shape index (κ1) is 12.0. The summed E-state index contributed by atoms with van der Waals surface area (Å²) in [7, 11) is 0. The highest BCUT2D eigenvalue weighted by Gasteiger charge is 2.18. The van der Waals surface area contributed by atoms with Gasteiger partial charge < -0.3 is 10.6 Å².